The molecule has 0 aliphatic rings. The molecular formula is C16H18N8O2S. The first-order valence-corrected chi connectivity index (χ1v) is 9.03. The Hall–Kier alpha value is -3.02. The summed E-state index contributed by atoms with van der Waals surface area (Å²) in [5.41, 5.74) is 8.58. The number of pyridine rings is 2. The predicted molar refractivity (Wildman–Crippen MR) is 102 cm³/mol. The van der Waals surface area contributed by atoms with Gasteiger partial charge >= 0.3 is 0 Å². The van der Waals surface area contributed by atoms with E-state index < -0.39 is 11.3 Å². The average molecular weight is 386 g/mol. The third-order valence-electron chi connectivity index (χ3n) is 3.65. The van der Waals surface area contributed by atoms with Crippen LogP contribution in [0.5, 0.6) is 0 Å². The molecule has 1 atom stereocenters. The summed E-state index contributed by atoms with van der Waals surface area (Å²) in [5, 5.41) is 3.18. The van der Waals surface area contributed by atoms with Gasteiger partial charge in [-0.3, -0.25) is 9.54 Å². The number of rotatable bonds is 6. The smallest absolute Gasteiger partial charge is 0.232 e. The molecule has 3 heterocycles. The van der Waals surface area contributed by atoms with Crippen molar-refractivity contribution < 1.29 is 8.76 Å². The van der Waals surface area contributed by atoms with Crippen LogP contribution >= 0.6 is 0 Å². The van der Waals surface area contributed by atoms with Crippen molar-refractivity contribution in [1.82, 2.24) is 29.6 Å². The van der Waals surface area contributed by atoms with E-state index in [2.05, 4.69) is 35.0 Å². The third-order valence-corrected chi connectivity index (χ3v) is 4.04. The van der Waals surface area contributed by atoms with Crippen LogP contribution < -0.4 is 15.8 Å². The Balaban J connectivity index is 1.93. The number of hydrogen-bond acceptors (Lipinski definition) is 8. The van der Waals surface area contributed by atoms with Crippen molar-refractivity contribution in [3.8, 4) is 11.4 Å². The van der Waals surface area contributed by atoms with Gasteiger partial charge in [-0.05, 0) is 37.6 Å². The van der Waals surface area contributed by atoms with Crippen molar-refractivity contribution in [1.29, 1.82) is 0 Å². The normalized spacial score (nSPS) is 12.0. The van der Waals surface area contributed by atoms with E-state index in [0.717, 1.165) is 11.3 Å². The second-order valence-corrected chi connectivity index (χ2v) is 6.41. The maximum atomic E-state index is 10.8. The number of aromatic nitrogens is 5. The van der Waals surface area contributed by atoms with E-state index in [1.165, 1.54) is 0 Å². The Morgan fingerprint density at radius 3 is 2.78 bits per heavy atom. The monoisotopic (exact) mass is 386 g/mol. The van der Waals surface area contributed by atoms with Gasteiger partial charge in [-0.25, -0.2) is 18.9 Å². The fourth-order valence-electron chi connectivity index (χ4n) is 2.41. The minimum absolute atomic E-state index is 0.134. The topological polar surface area (TPSA) is 152 Å². The van der Waals surface area contributed by atoms with Crippen molar-refractivity contribution in [3.63, 3.8) is 0 Å². The summed E-state index contributed by atoms with van der Waals surface area (Å²) in [5.74, 6) is 1.58. The lowest BCUT2D eigenvalue weighted by Crippen LogP contribution is -2.16. The van der Waals surface area contributed by atoms with Crippen LogP contribution in [0, 0.1) is 13.8 Å². The fourth-order valence-corrected chi connectivity index (χ4v) is 2.69. The molecule has 11 heteroatoms. The van der Waals surface area contributed by atoms with E-state index in [4.69, 9.17) is 10.3 Å². The Bertz CT molecular complexity index is 978. The van der Waals surface area contributed by atoms with Crippen LogP contribution in [0.2, 0.25) is 0 Å². The molecule has 140 valence electrons. The van der Waals surface area contributed by atoms with Gasteiger partial charge in [-0.2, -0.15) is 9.97 Å². The van der Waals surface area contributed by atoms with E-state index >= 15 is 0 Å². The number of nitrogens with one attached hydrogen (secondary N) is 2. The number of aryl methyl sites for hydroxylation is 2. The molecule has 0 amide bonds. The quantitative estimate of drug-likeness (QED) is 0.462. The molecule has 0 saturated carbocycles. The molecule has 3 aromatic rings. The van der Waals surface area contributed by atoms with Crippen LogP contribution in [0.15, 0.2) is 30.6 Å². The van der Waals surface area contributed by atoms with Crippen LogP contribution in [0.3, 0.4) is 0 Å². The molecule has 5 N–H and O–H groups in total. The number of nitrogens with two attached hydrogens (primary N) is 1. The predicted octanol–water partition coefficient (Wildman–Crippen LogP) is 1.50. The van der Waals surface area contributed by atoms with Gasteiger partial charge in [0.25, 0.3) is 0 Å². The molecule has 3 rings (SSSR count). The van der Waals surface area contributed by atoms with Gasteiger partial charge in [-0.15, -0.1) is 0 Å². The SMILES string of the molecule is Cc1nc(N)nc(-c2cccnc2Nc2cnc(C)c(CNS(=O)O)c2)n1. The van der Waals surface area contributed by atoms with Gasteiger partial charge in [-0.1, -0.05) is 0 Å². The van der Waals surface area contributed by atoms with Crippen molar-refractivity contribution in [3.05, 3.63) is 47.7 Å². The summed E-state index contributed by atoms with van der Waals surface area (Å²) in [6.07, 6.45) is 3.29. The highest BCUT2D eigenvalue weighted by Gasteiger charge is 2.12. The van der Waals surface area contributed by atoms with Crippen molar-refractivity contribution in [2.24, 2.45) is 0 Å². The second-order valence-electron chi connectivity index (χ2n) is 5.63. The lowest BCUT2D eigenvalue weighted by atomic mass is 10.2. The zero-order valence-electron chi connectivity index (χ0n) is 14.7. The van der Waals surface area contributed by atoms with Gasteiger partial charge < -0.3 is 11.1 Å². The first kappa shape index (κ1) is 18.8. The van der Waals surface area contributed by atoms with Crippen LogP contribution in [0.25, 0.3) is 11.4 Å². The molecule has 0 saturated heterocycles. The Kier molecular flexibility index (Phi) is 5.64. The highest BCUT2D eigenvalue weighted by Crippen LogP contribution is 2.26. The molecule has 0 fully saturated rings. The van der Waals surface area contributed by atoms with E-state index in [-0.39, 0.29) is 12.5 Å². The largest absolute Gasteiger partial charge is 0.368 e. The van der Waals surface area contributed by atoms with E-state index in [1.807, 2.05) is 19.1 Å². The highest BCUT2D eigenvalue weighted by molar-refractivity contribution is 7.77. The first-order chi connectivity index (χ1) is 12.9. The Morgan fingerprint density at radius 1 is 1.22 bits per heavy atom. The van der Waals surface area contributed by atoms with E-state index in [0.29, 0.717) is 28.7 Å². The van der Waals surface area contributed by atoms with Gasteiger partial charge in [0.1, 0.15) is 11.6 Å². The zero-order chi connectivity index (χ0) is 19.4. The standard InChI is InChI=1S/C16H18N8O2S/c1-9-11(7-20-27(25)26)6-12(8-19-9)23-14-13(4-3-5-18-14)15-21-10(2)22-16(17)24-15/h3-6,8,20H,7H2,1-2H3,(H,18,23)(H,25,26)(H2,17,21,22,24). The van der Waals surface area contributed by atoms with Crippen molar-refractivity contribution >= 4 is 28.7 Å². The molecule has 3 aromatic heterocycles. The molecular weight excluding hydrogens is 368 g/mol. The summed E-state index contributed by atoms with van der Waals surface area (Å²) >= 11 is -2.10. The first-order valence-electron chi connectivity index (χ1n) is 7.93. The number of anilines is 3. The lowest BCUT2D eigenvalue weighted by Gasteiger charge is -2.12. The van der Waals surface area contributed by atoms with Gasteiger partial charge in [0, 0.05) is 18.4 Å². The van der Waals surface area contributed by atoms with Crippen LogP contribution in [0.1, 0.15) is 17.1 Å². The van der Waals surface area contributed by atoms with Gasteiger partial charge in [0.05, 0.1) is 17.4 Å². The lowest BCUT2D eigenvalue weighted by molar-refractivity contribution is 0.548. The minimum atomic E-state index is -2.10. The van der Waals surface area contributed by atoms with Crippen molar-refractivity contribution in [2.45, 2.75) is 20.4 Å². The van der Waals surface area contributed by atoms with Crippen LogP contribution in [-0.4, -0.2) is 33.7 Å². The summed E-state index contributed by atoms with van der Waals surface area (Å²) in [6, 6.07) is 5.42. The average Bonchev–Trinajstić information content (AvgIpc) is 2.61. The minimum Gasteiger partial charge on any atom is -0.368 e. The molecule has 0 aliphatic carbocycles. The Morgan fingerprint density at radius 2 is 2.04 bits per heavy atom. The maximum Gasteiger partial charge on any atom is 0.232 e. The Labute approximate surface area is 158 Å². The number of nitrogens with zero attached hydrogens (tertiary/aromatic N) is 5. The summed E-state index contributed by atoms with van der Waals surface area (Å²) in [4.78, 5) is 21.1. The zero-order valence-corrected chi connectivity index (χ0v) is 15.5. The van der Waals surface area contributed by atoms with E-state index in [1.54, 1.807) is 25.4 Å². The summed E-state index contributed by atoms with van der Waals surface area (Å²) in [6.45, 7) is 3.76. The summed E-state index contributed by atoms with van der Waals surface area (Å²) < 4.78 is 22.2. The third kappa shape index (κ3) is 4.78. The molecule has 0 spiro atoms. The number of nitrogen functional groups attached to an aromatic ring is 1. The molecule has 1 unspecified atom stereocenters. The second kappa shape index (κ2) is 8.12. The van der Waals surface area contributed by atoms with Crippen LogP contribution in [0.4, 0.5) is 17.5 Å². The van der Waals surface area contributed by atoms with Gasteiger partial charge in [0.15, 0.2) is 5.82 Å². The molecule has 0 bridgehead atoms. The highest BCUT2D eigenvalue weighted by atomic mass is 32.2. The van der Waals surface area contributed by atoms with Crippen molar-refractivity contribution in [2.75, 3.05) is 11.1 Å². The van der Waals surface area contributed by atoms with E-state index in [9.17, 15) is 4.21 Å². The maximum absolute atomic E-state index is 10.8. The molecule has 27 heavy (non-hydrogen) atoms. The molecule has 10 nitrogen and oxygen atoms in total. The summed E-state index contributed by atoms with van der Waals surface area (Å²) in [7, 11) is 0. The molecule has 0 aromatic carbocycles. The molecule has 0 radical (unpaired) electrons. The van der Waals surface area contributed by atoms with Crippen LogP contribution in [-0.2, 0) is 17.8 Å². The molecule has 0 aliphatic heterocycles. The number of hydrogen-bond donors (Lipinski definition) is 4. The fraction of sp³-hybridized carbons (Fsp3) is 0.188. The van der Waals surface area contributed by atoms with Gasteiger partial charge in [0.2, 0.25) is 17.2 Å².